The molecular weight excluding hydrogens is 306 g/mol. The maximum Gasteiger partial charge on any atom is 0.335 e. The maximum absolute atomic E-state index is 11.3. The molecule has 0 aromatic heterocycles. The molecule has 1 rings (SSSR count). The molecule has 8 nitrogen and oxygen atoms in total. The van der Waals surface area contributed by atoms with Crippen LogP contribution in [0.15, 0.2) is 37.4 Å². The van der Waals surface area contributed by atoms with Crippen molar-refractivity contribution in [1.29, 1.82) is 0 Å². The summed E-state index contributed by atoms with van der Waals surface area (Å²) in [5, 5.41) is 11.2. The highest BCUT2D eigenvalue weighted by molar-refractivity contribution is 5.84. The molecule has 0 aliphatic carbocycles. The van der Waals surface area contributed by atoms with Gasteiger partial charge in [-0.05, 0) is 13.0 Å². The summed E-state index contributed by atoms with van der Waals surface area (Å²) in [6.07, 6.45) is 0.923. The first-order valence-corrected chi connectivity index (χ1v) is 6.37. The van der Waals surface area contributed by atoms with Crippen LogP contribution in [0.1, 0.15) is 18.6 Å². The SMILES string of the molecule is C=CC(=O)Oc1cc([N+](=O)[O-])c(C(C)OC(=O)C=C)cc1OC. The molecule has 0 amide bonds. The van der Waals surface area contributed by atoms with E-state index in [1.165, 1.54) is 20.1 Å². The summed E-state index contributed by atoms with van der Waals surface area (Å²) in [6, 6.07) is 2.29. The monoisotopic (exact) mass is 321 g/mol. The minimum Gasteiger partial charge on any atom is -0.493 e. The Morgan fingerprint density at radius 1 is 1.22 bits per heavy atom. The number of benzene rings is 1. The van der Waals surface area contributed by atoms with E-state index in [2.05, 4.69) is 13.2 Å². The van der Waals surface area contributed by atoms with Gasteiger partial charge in [-0.1, -0.05) is 13.2 Å². The molecule has 0 N–H and O–H groups in total. The van der Waals surface area contributed by atoms with Crippen molar-refractivity contribution in [2.75, 3.05) is 7.11 Å². The molecule has 0 saturated heterocycles. The summed E-state index contributed by atoms with van der Waals surface area (Å²) in [5.41, 5.74) is -0.303. The van der Waals surface area contributed by atoms with Crippen LogP contribution >= 0.6 is 0 Å². The zero-order chi connectivity index (χ0) is 17.6. The summed E-state index contributed by atoms with van der Waals surface area (Å²) in [4.78, 5) is 33.1. The van der Waals surface area contributed by atoms with E-state index in [1.54, 1.807) is 0 Å². The largest absolute Gasteiger partial charge is 0.493 e. The molecule has 23 heavy (non-hydrogen) atoms. The molecule has 0 saturated carbocycles. The molecule has 0 fully saturated rings. The van der Waals surface area contributed by atoms with Gasteiger partial charge in [0.05, 0.1) is 23.7 Å². The summed E-state index contributed by atoms with van der Waals surface area (Å²) in [5.74, 6) is -1.60. The van der Waals surface area contributed by atoms with Gasteiger partial charge in [0.15, 0.2) is 11.5 Å². The zero-order valence-corrected chi connectivity index (χ0v) is 12.6. The van der Waals surface area contributed by atoms with Gasteiger partial charge in [-0.15, -0.1) is 0 Å². The summed E-state index contributed by atoms with van der Waals surface area (Å²) in [7, 11) is 1.30. The Hall–Kier alpha value is -3.16. The highest BCUT2D eigenvalue weighted by Gasteiger charge is 2.26. The van der Waals surface area contributed by atoms with Gasteiger partial charge in [-0.3, -0.25) is 10.1 Å². The maximum atomic E-state index is 11.3. The quantitative estimate of drug-likeness (QED) is 0.250. The van der Waals surface area contributed by atoms with E-state index < -0.39 is 23.0 Å². The Kier molecular flexibility index (Phi) is 6.02. The Labute approximate surface area is 132 Å². The van der Waals surface area contributed by atoms with Gasteiger partial charge in [0.1, 0.15) is 6.10 Å². The topological polar surface area (TPSA) is 105 Å². The number of ether oxygens (including phenoxy) is 3. The first-order valence-electron chi connectivity index (χ1n) is 6.37. The molecule has 0 bridgehead atoms. The third-order valence-corrected chi connectivity index (χ3v) is 2.78. The van der Waals surface area contributed by atoms with E-state index in [0.717, 1.165) is 18.2 Å². The molecule has 8 heteroatoms. The van der Waals surface area contributed by atoms with Gasteiger partial charge >= 0.3 is 11.9 Å². The lowest BCUT2D eigenvalue weighted by molar-refractivity contribution is -0.386. The van der Waals surface area contributed by atoms with Gasteiger partial charge in [-0.2, -0.15) is 0 Å². The van der Waals surface area contributed by atoms with E-state index in [4.69, 9.17) is 14.2 Å². The van der Waals surface area contributed by atoms with Crippen molar-refractivity contribution in [3.63, 3.8) is 0 Å². The molecule has 0 aliphatic heterocycles. The van der Waals surface area contributed by atoms with Crippen LogP contribution < -0.4 is 9.47 Å². The van der Waals surface area contributed by atoms with Gasteiger partial charge in [-0.25, -0.2) is 9.59 Å². The van der Waals surface area contributed by atoms with Crippen molar-refractivity contribution < 1.29 is 28.7 Å². The van der Waals surface area contributed by atoms with Crippen LogP contribution in [0.25, 0.3) is 0 Å². The fraction of sp³-hybridized carbons (Fsp3) is 0.200. The first kappa shape index (κ1) is 17.9. The van der Waals surface area contributed by atoms with Crippen molar-refractivity contribution >= 4 is 17.6 Å². The number of carbonyl (C=O) groups excluding carboxylic acids is 2. The molecule has 0 aliphatic rings. The highest BCUT2D eigenvalue weighted by atomic mass is 16.6. The summed E-state index contributed by atoms with van der Waals surface area (Å²) in [6.45, 7) is 7.95. The third-order valence-electron chi connectivity index (χ3n) is 2.78. The zero-order valence-electron chi connectivity index (χ0n) is 12.6. The minimum absolute atomic E-state index is 0.0716. The third kappa shape index (κ3) is 4.40. The van der Waals surface area contributed by atoms with Crippen molar-refractivity contribution in [2.45, 2.75) is 13.0 Å². The fourth-order valence-electron chi connectivity index (χ4n) is 1.72. The number of esters is 2. The standard InChI is InChI=1S/C15H15NO7/c1-5-14(17)22-9(3)10-7-12(21-4)13(23-15(18)6-2)8-11(10)16(19)20/h5-9H,1-2H2,3-4H3. The number of rotatable bonds is 7. The molecule has 1 aromatic carbocycles. The fourth-order valence-corrected chi connectivity index (χ4v) is 1.72. The van der Waals surface area contributed by atoms with E-state index in [9.17, 15) is 19.7 Å². The lowest BCUT2D eigenvalue weighted by Gasteiger charge is -2.15. The molecule has 122 valence electrons. The number of hydrogen-bond acceptors (Lipinski definition) is 7. The van der Waals surface area contributed by atoms with Gasteiger partial charge in [0.25, 0.3) is 5.69 Å². The van der Waals surface area contributed by atoms with Crippen LogP contribution in [0.4, 0.5) is 5.69 Å². The molecule has 0 spiro atoms. The molecule has 0 heterocycles. The predicted molar refractivity (Wildman–Crippen MR) is 80.2 cm³/mol. The van der Waals surface area contributed by atoms with E-state index in [1.807, 2.05) is 0 Å². The molecule has 1 aromatic rings. The second-order valence-corrected chi connectivity index (χ2v) is 4.23. The first-order chi connectivity index (χ1) is 10.8. The normalized spacial score (nSPS) is 11.0. The Morgan fingerprint density at radius 3 is 2.30 bits per heavy atom. The average Bonchev–Trinajstić information content (AvgIpc) is 2.53. The van der Waals surface area contributed by atoms with Crippen LogP contribution in [0.5, 0.6) is 11.5 Å². The lowest BCUT2D eigenvalue weighted by Crippen LogP contribution is -2.10. The van der Waals surface area contributed by atoms with Gasteiger partial charge in [0, 0.05) is 12.2 Å². The van der Waals surface area contributed by atoms with Crippen molar-refractivity contribution in [1.82, 2.24) is 0 Å². The number of methoxy groups -OCH3 is 1. The second-order valence-electron chi connectivity index (χ2n) is 4.23. The smallest absolute Gasteiger partial charge is 0.335 e. The van der Waals surface area contributed by atoms with Gasteiger partial charge < -0.3 is 14.2 Å². The van der Waals surface area contributed by atoms with E-state index >= 15 is 0 Å². The van der Waals surface area contributed by atoms with E-state index in [-0.39, 0.29) is 22.7 Å². The number of hydrogen-bond donors (Lipinski definition) is 0. The number of nitrogens with zero attached hydrogens (tertiary/aromatic N) is 1. The molecule has 1 unspecified atom stereocenters. The van der Waals surface area contributed by atoms with Crippen molar-refractivity contribution in [2.24, 2.45) is 0 Å². The molecular formula is C15H15NO7. The summed E-state index contributed by atoms with van der Waals surface area (Å²) >= 11 is 0. The second kappa shape index (κ2) is 7.74. The lowest BCUT2D eigenvalue weighted by atomic mass is 10.1. The van der Waals surface area contributed by atoms with Crippen LogP contribution in [0, 0.1) is 10.1 Å². The highest BCUT2D eigenvalue weighted by Crippen LogP contribution is 2.38. The number of nitro benzene ring substituents is 1. The minimum atomic E-state index is -0.932. The number of nitro groups is 1. The van der Waals surface area contributed by atoms with Crippen molar-refractivity contribution in [3.8, 4) is 11.5 Å². The molecule has 0 radical (unpaired) electrons. The van der Waals surface area contributed by atoms with Crippen molar-refractivity contribution in [3.05, 3.63) is 53.1 Å². The number of carbonyl (C=O) groups is 2. The van der Waals surface area contributed by atoms with Gasteiger partial charge in [0.2, 0.25) is 0 Å². The Balaban J connectivity index is 3.37. The predicted octanol–water partition coefficient (Wildman–Crippen LogP) is 2.49. The van der Waals surface area contributed by atoms with Crippen LogP contribution in [0.3, 0.4) is 0 Å². The summed E-state index contributed by atoms with van der Waals surface area (Å²) < 4.78 is 14.9. The van der Waals surface area contributed by atoms with Crippen LogP contribution in [-0.2, 0) is 14.3 Å². The van der Waals surface area contributed by atoms with Crippen LogP contribution in [-0.4, -0.2) is 24.0 Å². The molecule has 1 atom stereocenters. The Morgan fingerprint density at radius 2 is 1.83 bits per heavy atom. The average molecular weight is 321 g/mol. The van der Waals surface area contributed by atoms with E-state index in [0.29, 0.717) is 0 Å². The van der Waals surface area contributed by atoms with Crippen LogP contribution in [0.2, 0.25) is 0 Å². The Bertz CT molecular complexity index is 666.